The Morgan fingerprint density at radius 1 is 0.846 bits per heavy atom. The summed E-state index contributed by atoms with van der Waals surface area (Å²) in [5, 5.41) is 0. The van der Waals surface area contributed by atoms with Gasteiger partial charge in [-0.1, -0.05) is 60.7 Å². The Labute approximate surface area is 224 Å². The molecule has 0 saturated carbocycles. The molecule has 1 aliphatic carbocycles. The van der Waals surface area contributed by atoms with Crippen molar-refractivity contribution >= 4 is 11.9 Å². The van der Waals surface area contributed by atoms with Crippen molar-refractivity contribution in [1.82, 2.24) is 4.90 Å². The van der Waals surface area contributed by atoms with Crippen LogP contribution in [0.4, 0.5) is 18.0 Å². The summed E-state index contributed by atoms with van der Waals surface area (Å²) in [4.78, 5) is 28.5. The lowest BCUT2D eigenvalue weighted by molar-refractivity contribution is -0.274. The molecule has 2 bridgehead atoms. The Morgan fingerprint density at radius 3 is 2.08 bits per heavy atom. The fourth-order valence-electron chi connectivity index (χ4n) is 6.64. The van der Waals surface area contributed by atoms with E-state index in [2.05, 4.69) is 29.0 Å². The number of benzene rings is 3. The lowest BCUT2D eigenvalue weighted by Gasteiger charge is -2.47. The number of Topliss-reactive ketones (excluding diaryl/α,β-unsaturated/α-hetero) is 1. The van der Waals surface area contributed by atoms with Gasteiger partial charge >= 0.3 is 12.5 Å². The molecule has 202 valence electrons. The van der Waals surface area contributed by atoms with Crippen molar-refractivity contribution in [2.75, 3.05) is 6.61 Å². The highest BCUT2D eigenvalue weighted by molar-refractivity contribution is 5.98. The van der Waals surface area contributed by atoms with Crippen LogP contribution in [0.5, 0.6) is 5.75 Å². The van der Waals surface area contributed by atoms with Crippen molar-refractivity contribution in [3.8, 4) is 16.9 Å². The molecule has 2 atom stereocenters. The standard InChI is InChI=1S/C31H28F3NO4/c32-31(33,34)39-23-10-5-7-19(17-23)29(36)20-15-21-8-6-9-22(16-20)35(21)30(37)38-18-28-26-13-3-1-11-24(26)25-12-2-4-14-27(25)28/h1-5,7,10-14,17,20-22,28H,6,8-9,15-16,18H2. The summed E-state index contributed by atoms with van der Waals surface area (Å²) in [6.07, 6.45) is -1.78. The summed E-state index contributed by atoms with van der Waals surface area (Å²) >= 11 is 0. The van der Waals surface area contributed by atoms with Gasteiger partial charge in [0.2, 0.25) is 0 Å². The number of fused-ring (bicyclic) bond motifs is 5. The fourth-order valence-corrected chi connectivity index (χ4v) is 6.64. The smallest absolute Gasteiger partial charge is 0.448 e. The third-order valence-electron chi connectivity index (χ3n) is 8.24. The zero-order valence-electron chi connectivity index (χ0n) is 21.2. The Kier molecular flexibility index (Phi) is 6.57. The average molecular weight is 536 g/mol. The van der Waals surface area contributed by atoms with Crippen molar-refractivity contribution in [1.29, 1.82) is 0 Å². The van der Waals surface area contributed by atoms with E-state index in [9.17, 15) is 22.8 Å². The van der Waals surface area contributed by atoms with Gasteiger partial charge in [-0.05, 0) is 66.5 Å². The van der Waals surface area contributed by atoms with Crippen LogP contribution in [0.2, 0.25) is 0 Å². The predicted molar refractivity (Wildman–Crippen MR) is 139 cm³/mol. The number of halogens is 3. The lowest BCUT2D eigenvalue weighted by atomic mass is 9.76. The van der Waals surface area contributed by atoms with Gasteiger partial charge in [0.15, 0.2) is 5.78 Å². The molecular weight excluding hydrogens is 507 g/mol. The van der Waals surface area contributed by atoms with Gasteiger partial charge in [-0.3, -0.25) is 4.79 Å². The first-order valence-corrected chi connectivity index (χ1v) is 13.3. The minimum atomic E-state index is -4.83. The summed E-state index contributed by atoms with van der Waals surface area (Å²) < 4.78 is 47.9. The molecule has 8 heteroatoms. The van der Waals surface area contributed by atoms with Gasteiger partial charge in [-0.25, -0.2) is 4.79 Å². The van der Waals surface area contributed by atoms with Gasteiger partial charge in [0, 0.05) is 29.5 Å². The lowest BCUT2D eigenvalue weighted by Crippen LogP contribution is -2.55. The molecule has 3 aromatic carbocycles. The Morgan fingerprint density at radius 2 is 1.46 bits per heavy atom. The van der Waals surface area contributed by atoms with Crippen LogP contribution < -0.4 is 4.74 Å². The molecule has 6 rings (SSSR count). The van der Waals surface area contributed by atoms with Crippen LogP contribution in [0.25, 0.3) is 11.1 Å². The van der Waals surface area contributed by atoms with E-state index in [4.69, 9.17) is 4.74 Å². The first kappa shape index (κ1) is 25.5. The predicted octanol–water partition coefficient (Wildman–Crippen LogP) is 7.35. The van der Waals surface area contributed by atoms with Crippen LogP contribution in [0.3, 0.4) is 0 Å². The molecule has 2 fully saturated rings. The monoisotopic (exact) mass is 535 g/mol. The van der Waals surface area contributed by atoms with E-state index in [1.807, 2.05) is 29.2 Å². The molecule has 0 spiro atoms. The second-order valence-electron chi connectivity index (χ2n) is 10.6. The third-order valence-corrected chi connectivity index (χ3v) is 8.24. The van der Waals surface area contributed by atoms with Gasteiger partial charge < -0.3 is 14.4 Å². The Bertz CT molecular complexity index is 1340. The summed E-state index contributed by atoms with van der Waals surface area (Å²) in [6.45, 7) is 0.233. The maximum atomic E-state index is 13.4. The van der Waals surface area contributed by atoms with Crippen molar-refractivity contribution in [3.05, 3.63) is 89.5 Å². The van der Waals surface area contributed by atoms with Crippen LogP contribution in [-0.2, 0) is 4.74 Å². The molecule has 2 aliphatic heterocycles. The molecule has 0 N–H and O–H groups in total. The van der Waals surface area contributed by atoms with E-state index < -0.39 is 12.1 Å². The maximum Gasteiger partial charge on any atom is 0.573 e. The van der Waals surface area contributed by atoms with Crippen LogP contribution in [0, 0.1) is 5.92 Å². The highest BCUT2D eigenvalue weighted by Crippen LogP contribution is 2.45. The number of ketones is 1. The third kappa shape index (κ3) is 5.00. The van der Waals surface area contributed by atoms with E-state index in [0.717, 1.165) is 47.6 Å². The van der Waals surface area contributed by atoms with Gasteiger partial charge in [0.05, 0.1) is 0 Å². The van der Waals surface area contributed by atoms with Crippen molar-refractivity contribution in [2.24, 2.45) is 5.92 Å². The molecule has 0 aromatic heterocycles. The zero-order valence-corrected chi connectivity index (χ0v) is 21.2. The molecule has 2 saturated heterocycles. The number of piperidine rings is 2. The minimum absolute atomic E-state index is 0.0356. The van der Waals surface area contributed by atoms with Gasteiger partial charge in [0.1, 0.15) is 12.4 Å². The zero-order chi connectivity index (χ0) is 27.1. The highest BCUT2D eigenvalue weighted by Gasteiger charge is 2.44. The largest absolute Gasteiger partial charge is 0.573 e. The fraction of sp³-hybridized carbons (Fsp3) is 0.355. The second-order valence-corrected chi connectivity index (χ2v) is 10.6. The van der Waals surface area contributed by atoms with E-state index in [1.54, 1.807) is 0 Å². The summed E-state index contributed by atoms with van der Waals surface area (Å²) in [7, 11) is 0. The van der Waals surface area contributed by atoms with Gasteiger partial charge in [0.25, 0.3) is 0 Å². The van der Waals surface area contributed by atoms with Gasteiger partial charge in [-0.2, -0.15) is 0 Å². The molecule has 3 aliphatic rings. The van der Waals surface area contributed by atoms with Crippen LogP contribution >= 0.6 is 0 Å². The number of rotatable bonds is 5. The Balaban J connectivity index is 1.14. The maximum absolute atomic E-state index is 13.4. The Hall–Kier alpha value is -3.81. The SMILES string of the molecule is O=C(c1cccc(OC(F)(F)F)c1)C1CC2CCCC(C1)N2C(=O)OCC1c2ccccc2-c2ccccc21. The summed E-state index contributed by atoms with van der Waals surface area (Å²) in [5.74, 6) is -1.04. The molecular formula is C31H28F3NO4. The number of hydrogen-bond acceptors (Lipinski definition) is 4. The molecule has 2 heterocycles. The van der Waals surface area contributed by atoms with E-state index >= 15 is 0 Å². The summed E-state index contributed by atoms with van der Waals surface area (Å²) in [6, 6.07) is 21.3. The number of nitrogens with zero attached hydrogens (tertiary/aromatic N) is 1. The topological polar surface area (TPSA) is 55.8 Å². The van der Waals surface area contributed by atoms with Crippen molar-refractivity contribution < 1.29 is 32.2 Å². The molecule has 3 aromatic rings. The number of ether oxygens (including phenoxy) is 2. The number of carbonyl (C=O) groups excluding carboxylic acids is 2. The van der Waals surface area contributed by atoms with Crippen molar-refractivity contribution in [3.63, 3.8) is 0 Å². The number of carbonyl (C=O) groups is 2. The quantitative estimate of drug-likeness (QED) is 0.321. The average Bonchev–Trinajstić information content (AvgIpc) is 3.23. The molecule has 1 amide bonds. The minimum Gasteiger partial charge on any atom is -0.448 e. The first-order valence-electron chi connectivity index (χ1n) is 13.3. The van der Waals surface area contributed by atoms with E-state index in [1.165, 1.54) is 18.2 Å². The molecule has 2 unspecified atom stereocenters. The van der Waals surface area contributed by atoms with E-state index in [-0.39, 0.29) is 48.0 Å². The van der Waals surface area contributed by atoms with Crippen molar-refractivity contribution in [2.45, 2.75) is 56.5 Å². The second kappa shape index (κ2) is 10.1. The first-order chi connectivity index (χ1) is 18.8. The number of alkyl halides is 3. The molecule has 39 heavy (non-hydrogen) atoms. The summed E-state index contributed by atoms with van der Waals surface area (Å²) in [5.41, 5.74) is 4.81. The number of hydrogen-bond donors (Lipinski definition) is 0. The number of amides is 1. The molecule has 5 nitrogen and oxygen atoms in total. The van der Waals surface area contributed by atoms with Crippen LogP contribution in [0.15, 0.2) is 72.8 Å². The molecule has 0 radical (unpaired) electrons. The highest BCUT2D eigenvalue weighted by atomic mass is 19.4. The van der Waals surface area contributed by atoms with Crippen LogP contribution in [-0.4, -0.2) is 41.8 Å². The van der Waals surface area contributed by atoms with Gasteiger partial charge in [-0.15, -0.1) is 13.2 Å². The normalized spacial score (nSPS) is 22.1. The van der Waals surface area contributed by atoms with E-state index in [0.29, 0.717) is 12.8 Å². The van der Waals surface area contributed by atoms with Crippen LogP contribution in [0.1, 0.15) is 59.5 Å².